The smallest absolute Gasteiger partial charge is 0.383 e. The maximum atomic E-state index is 13.8. The fourth-order valence-corrected chi connectivity index (χ4v) is 5.46. The number of nitrogens with one attached hydrogen (secondary N) is 1. The predicted octanol–water partition coefficient (Wildman–Crippen LogP) is 1.38. The Balaban J connectivity index is 1.55. The van der Waals surface area contributed by atoms with Crippen LogP contribution < -0.4 is 11.1 Å². The van der Waals surface area contributed by atoms with Gasteiger partial charge in [0.2, 0.25) is 5.91 Å². The van der Waals surface area contributed by atoms with Crippen LogP contribution in [0.3, 0.4) is 0 Å². The number of ether oxygens (including phenoxy) is 1. The lowest BCUT2D eigenvalue weighted by Gasteiger charge is -2.37. The predicted molar refractivity (Wildman–Crippen MR) is 108 cm³/mol. The van der Waals surface area contributed by atoms with Gasteiger partial charge in [0.1, 0.15) is 0 Å². The number of carbonyl (C=O) groups is 2. The van der Waals surface area contributed by atoms with Gasteiger partial charge in [0, 0.05) is 64.2 Å². The molecule has 0 radical (unpaired) electrons. The number of fused-ring (bicyclic) bond motifs is 2. The topological polar surface area (TPSA) is 101 Å². The van der Waals surface area contributed by atoms with Crippen molar-refractivity contribution in [1.29, 1.82) is 0 Å². The Hall–Kier alpha value is -2.40. The molecule has 1 aliphatic carbocycles. The van der Waals surface area contributed by atoms with Crippen LogP contribution >= 0.6 is 0 Å². The minimum absolute atomic E-state index is 0.0522. The van der Waals surface area contributed by atoms with Gasteiger partial charge in [-0.3, -0.25) is 9.78 Å². The van der Waals surface area contributed by atoms with Crippen LogP contribution in [0.1, 0.15) is 29.7 Å². The molecule has 32 heavy (non-hydrogen) atoms. The molecule has 3 aliphatic rings. The first kappa shape index (κ1) is 22.8. The first-order valence-electron chi connectivity index (χ1n) is 10.7. The zero-order valence-electron chi connectivity index (χ0n) is 18.0. The van der Waals surface area contributed by atoms with E-state index in [1.54, 1.807) is 12.0 Å². The van der Waals surface area contributed by atoms with Gasteiger partial charge in [-0.25, -0.2) is 4.79 Å². The molecule has 1 aromatic heterocycles. The molecule has 176 valence electrons. The summed E-state index contributed by atoms with van der Waals surface area (Å²) in [7, 11) is 1.62. The molecule has 1 saturated heterocycles. The summed E-state index contributed by atoms with van der Waals surface area (Å²) in [6.07, 6.45) is -1.97. The standard InChI is InChI=1S/C21H28F3N5O3/c1-32-5-3-26-16-7-15-11-29(19(25)31)12-20(15,8-16)18(30)28-4-2-17-13(10-28)6-14(9-27-17)21(22,23)24/h6,9,15-16,26H,2-5,7-8,10-12H2,1H3,(H2,25,31)/t15-,16+,20-/m0/s1. The van der Waals surface area contributed by atoms with Crippen LogP contribution in [0.25, 0.3) is 0 Å². The minimum Gasteiger partial charge on any atom is -0.383 e. The van der Waals surface area contributed by atoms with E-state index in [9.17, 15) is 22.8 Å². The average Bonchev–Trinajstić information content (AvgIpc) is 3.27. The second-order valence-corrected chi connectivity index (χ2v) is 8.96. The summed E-state index contributed by atoms with van der Waals surface area (Å²) in [4.78, 5) is 32.7. The van der Waals surface area contributed by atoms with E-state index in [1.807, 2.05) is 0 Å². The van der Waals surface area contributed by atoms with Gasteiger partial charge < -0.3 is 25.6 Å². The highest BCUT2D eigenvalue weighted by molar-refractivity contribution is 5.86. The number of nitrogens with zero attached hydrogens (tertiary/aromatic N) is 3. The van der Waals surface area contributed by atoms with Crippen molar-refractivity contribution in [3.8, 4) is 0 Å². The highest BCUT2D eigenvalue weighted by atomic mass is 19.4. The van der Waals surface area contributed by atoms with Crippen LogP contribution in [0.15, 0.2) is 12.3 Å². The molecule has 3 heterocycles. The molecular formula is C21H28F3N5O3. The number of methoxy groups -OCH3 is 1. The van der Waals surface area contributed by atoms with Crippen molar-refractivity contribution in [1.82, 2.24) is 20.1 Å². The number of halogens is 3. The fourth-order valence-electron chi connectivity index (χ4n) is 5.46. The van der Waals surface area contributed by atoms with Crippen molar-refractivity contribution >= 4 is 11.9 Å². The van der Waals surface area contributed by atoms with Gasteiger partial charge in [0.25, 0.3) is 0 Å². The first-order valence-corrected chi connectivity index (χ1v) is 10.7. The van der Waals surface area contributed by atoms with Gasteiger partial charge in [-0.05, 0) is 30.4 Å². The molecule has 3 atom stereocenters. The Morgan fingerprint density at radius 2 is 2.16 bits per heavy atom. The molecule has 1 aromatic rings. The maximum absolute atomic E-state index is 13.8. The zero-order chi connectivity index (χ0) is 23.1. The number of rotatable bonds is 5. The first-order chi connectivity index (χ1) is 15.1. The van der Waals surface area contributed by atoms with Crippen molar-refractivity contribution in [2.24, 2.45) is 17.1 Å². The van der Waals surface area contributed by atoms with Crippen LogP contribution in [0.4, 0.5) is 18.0 Å². The van der Waals surface area contributed by atoms with Crippen molar-refractivity contribution in [3.05, 3.63) is 29.1 Å². The van der Waals surface area contributed by atoms with E-state index >= 15 is 0 Å². The highest BCUT2D eigenvalue weighted by Gasteiger charge is 2.59. The van der Waals surface area contributed by atoms with E-state index in [-0.39, 0.29) is 31.0 Å². The Labute approximate surface area is 184 Å². The van der Waals surface area contributed by atoms with E-state index in [1.165, 1.54) is 4.90 Å². The summed E-state index contributed by atoms with van der Waals surface area (Å²) < 4.78 is 44.5. The third kappa shape index (κ3) is 4.15. The molecule has 1 saturated carbocycles. The summed E-state index contributed by atoms with van der Waals surface area (Å²) in [5, 5.41) is 3.41. The van der Waals surface area contributed by atoms with Crippen molar-refractivity contribution in [3.63, 3.8) is 0 Å². The van der Waals surface area contributed by atoms with Gasteiger partial charge in [-0.1, -0.05) is 0 Å². The van der Waals surface area contributed by atoms with Crippen molar-refractivity contribution < 1.29 is 27.5 Å². The van der Waals surface area contributed by atoms with E-state index in [0.717, 1.165) is 18.7 Å². The van der Waals surface area contributed by atoms with Crippen LogP contribution in [0.5, 0.6) is 0 Å². The monoisotopic (exact) mass is 455 g/mol. The molecule has 0 bridgehead atoms. The van der Waals surface area contributed by atoms with E-state index in [0.29, 0.717) is 50.3 Å². The van der Waals surface area contributed by atoms with E-state index in [2.05, 4.69) is 10.3 Å². The molecule has 0 aromatic carbocycles. The molecule has 4 rings (SSSR count). The number of nitrogens with two attached hydrogens (primary N) is 1. The maximum Gasteiger partial charge on any atom is 0.417 e. The van der Waals surface area contributed by atoms with E-state index < -0.39 is 23.2 Å². The fraction of sp³-hybridized carbons (Fsp3) is 0.667. The summed E-state index contributed by atoms with van der Waals surface area (Å²) in [6.45, 7) is 2.31. The second kappa shape index (κ2) is 8.51. The number of likely N-dealkylation sites (tertiary alicyclic amines) is 1. The molecule has 8 nitrogen and oxygen atoms in total. The number of pyridine rings is 1. The lowest BCUT2D eigenvalue weighted by atomic mass is 9.78. The third-order valence-electron chi connectivity index (χ3n) is 7.01. The van der Waals surface area contributed by atoms with Gasteiger partial charge in [0.05, 0.1) is 17.6 Å². The molecular weight excluding hydrogens is 427 g/mol. The van der Waals surface area contributed by atoms with Gasteiger partial charge in [-0.2, -0.15) is 13.2 Å². The molecule has 3 amide bonds. The largest absolute Gasteiger partial charge is 0.417 e. The summed E-state index contributed by atoms with van der Waals surface area (Å²) >= 11 is 0. The molecule has 3 N–H and O–H groups in total. The summed E-state index contributed by atoms with van der Waals surface area (Å²) in [5.41, 5.74) is 4.92. The summed E-state index contributed by atoms with van der Waals surface area (Å²) in [6, 6.07) is 0.633. The van der Waals surface area contributed by atoms with Gasteiger partial charge in [0.15, 0.2) is 0 Å². The molecule has 2 aliphatic heterocycles. The zero-order valence-corrected chi connectivity index (χ0v) is 18.0. The number of hydrogen-bond donors (Lipinski definition) is 2. The average molecular weight is 455 g/mol. The van der Waals surface area contributed by atoms with E-state index in [4.69, 9.17) is 10.5 Å². The lowest BCUT2D eigenvalue weighted by molar-refractivity contribution is -0.143. The Morgan fingerprint density at radius 3 is 2.84 bits per heavy atom. The van der Waals surface area contributed by atoms with Crippen LogP contribution in [0, 0.1) is 11.3 Å². The number of carbonyl (C=O) groups excluding carboxylic acids is 2. The number of aromatic nitrogens is 1. The number of urea groups is 1. The SMILES string of the molecule is COCCN[C@@H]1C[C@H]2CN(C(N)=O)C[C@@]2(C(=O)N2CCc3ncc(C(F)(F)F)cc3C2)C1. The van der Waals surface area contributed by atoms with Crippen LogP contribution in [-0.2, 0) is 28.7 Å². The lowest BCUT2D eigenvalue weighted by Crippen LogP contribution is -2.49. The minimum atomic E-state index is -4.49. The Bertz CT molecular complexity index is 896. The number of amides is 3. The Kier molecular flexibility index (Phi) is 6.06. The van der Waals surface area contributed by atoms with Crippen molar-refractivity contribution in [2.75, 3.05) is 39.9 Å². The van der Waals surface area contributed by atoms with Crippen molar-refractivity contribution in [2.45, 2.75) is 38.0 Å². The van der Waals surface area contributed by atoms with Crippen LogP contribution in [-0.4, -0.2) is 72.7 Å². The van der Waals surface area contributed by atoms with Crippen LogP contribution in [0.2, 0.25) is 0 Å². The van der Waals surface area contributed by atoms with Gasteiger partial charge in [-0.15, -0.1) is 0 Å². The quantitative estimate of drug-likeness (QED) is 0.654. The summed E-state index contributed by atoms with van der Waals surface area (Å²) in [5.74, 6) is -0.172. The Morgan fingerprint density at radius 1 is 1.38 bits per heavy atom. The molecule has 2 fully saturated rings. The number of alkyl halides is 3. The van der Waals surface area contributed by atoms with Gasteiger partial charge >= 0.3 is 12.2 Å². The third-order valence-corrected chi connectivity index (χ3v) is 7.01. The highest BCUT2D eigenvalue weighted by Crippen LogP contribution is 2.50. The number of primary amides is 1. The molecule has 0 spiro atoms. The molecule has 11 heteroatoms. The molecule has 0 unspecified atom stereocenters. The second-order valence-electron chi connectivity index (χ2n) is 8.96. The normalized spacial score (nSPS) is 27.4. The number of hydrogen-bond acceptors (Lipinski definition) is 5.